The monoisotopic (exact) mass is 394 g/mol. The maximum absolute atomic E-state index is 13.3. The fourth-order valence-electron chi connectivity index (χ4n) is 3.88. The van der Waals surface area contributed by atoms with Gasteiger partial charge in [0.05, 0.1) is 24.2 Å². The average Bonchev–Trinajstić information content (AvgIpc) is 2.66. The standard InChI is InChI=1S/C20H18N4O5/c1-8-12(9(2)25)16(26)14-13(10-4-6-11(29-3)7-5-10)15-18(22-17(14)21-8)23-20(28)24-19(15)27/h4-7,12-13H,1-3H3,(H3,22,23,24,27,28). The Balaban J connectivity index is 2.00. The molecule has 2 aliphatic heterocycles. The fraction of sp³-hybridized carbons (Fsp3) is 0.250. The molecule has 0 amide bonds. The SMILES string of the molecule is COc1ccc(C2C3=C(N=C(C)C(C(C)=O)C3=O)Nc3[nH]c(=O)[nH]c(=O)c32)cc1. The molecular weight excluding hydrogens is 376 g/mol. The number of nitrogens with one attached hydrogen (secondary N) is 3. The molecule has 3 N–H and O–H groups in total. The summed E-state index contributed by atoms with van der Waals surface area (Å²) < 4.78 is 5.18. The van der Waals surface area contributed by atoms with Crippen molar-refractivity contribution in [3.63, 3.8) is 0 Å². The molecule has 2 aliphatic rings. The average molecular weight is 394 g/mol. The highest BCUT2D eigenvalue weighted by atomic mass is 16.5. The first kappa shape index (κ1) is 18.6. The van der Waals surface area contributed by atoms with Crippen LogP contribution in [-0.4, -0.2) is 34.4 Å². The molecule has 0 spiro atoms. The normalized spacial score (nSPS) is 20.4. The van der Waals surface area contributed by atoms with Gasteiger partial charge in [-0.25, -0.2) is 9.79 Å². The second kappa shape index (κ2) is 6.69. The van der Waals surface area contributed by atoms with Gasteiger partial charge in [-0.15, -0.1) is 0 Å². The third-order valence-corrected chi connectivity index (χ3v) is 5.14. The van der Waals surface area contributed by atoms with E-state index in [-0.39, 0.29) is 28.6 Å². The summed E-state index contributed by atoms with van der Waals surface area (Å²) in [6.45, 7) is 2.94. The molecule has 0 radical (unpaired) electrons. The van der Waals surface area contributed by atoms with Gasteiger partial charge in [0.25, 0.3) is 5.56 Å². The van der Waals surface area contributed by atoms with Crippen LogP contribution in [0.5, 0.6) is 5.75 Å². The minimum atomic E-state index is -1.00. The highest BCUT2D eigenvalue weighted by Gasteiger charge is 2.43. The minimum absolute atomic E-state index is 0.170. The molecule has 0 bridgehead atoms. The second-order valence-electron chi connectivity index (χ2n) is 6.95. The molecule has 2 unspecified atom stereocenters. The number of hydrogen-bond donors (Lipinski definition) is 3. The van der Waals surface area contributed by atoms with Crippen molar-refractivity contribution in [2.75, 3.05) is 12.4 Å². The van der Waals surface area contributed by atoms with Gasteiger partial charge in [0.15, 0.2) is 5.78 Å². The molecule has 2 aromatic rings. The summed E-state index contributed by atoms with van der Waals surface area (Å²) in [6.07, 6.45) is 0. The first-order valence-corrected chi connectivity index (χ1v) is 8.93. The molecule has 1 aromatic carbocycles. The summed E-state index contributed by atoms with van der Waals surface area (Å²) in [4.78, 5) is 59.0. The molecular formula is C20H18N4O5. The first-order chi connectivity index (χ1) is 13.8. The van der Waals surface area contributed by atoms with Gasteiger partial charge in [-0.2, -0.15) is 0 Å². The van der Waals surface area contributed by atoms with Crippen LogP contribution in [0, 0.1) is 5.92 Å². The Hall–Kier alpha value is -3.75. The third kappa shape index (κ3) is 2.91. The molecule has 0 saturated carbocycles. The number of allylic oxidation sites excluding steroid dienone is 1. The van der Waals surface area contributed by atoms with E-state index in [1.54, 1.807) is 31.2 Å². The third-order valence-electron chi connectivity index (χ3n) is 5.14. The van der Waals surface area contributed by atoms with Crippen molar-refractivity contribution >= 4 is 23.1 Å². The maximum atomic E-state index is 13.3. The predicted octanol–water partition coefficient (Wildman–Crippen LogP) is 1.09. The maximum Gasteiger partial charge on any atom is 0.327 e. The zero-order chi connectivity index (χ0) is 20.9. The van der Waals surface area contributed by atoms with E-state index in [0.29, 0.717) is 17.0 Å². The molecule has 0 fully saturated rings. The summed E-state index contributed by atoms with van der Waals surface area (Å²) in [6, 6.07) is 6.88. The van der Waals surface area contributed by atoms with Crippen molar-refractivity contribution in [2.45, 2.75) is 19.8 Å². The van der Waals surface area contributed by atoms with Crippen LogP contribution in [-0.2, 0) is 9.59 Å². The van der Waals surface area contributed by atoms with Crippen LogP contribution in [0.3, 0.4) is 0 Å². The lowest BCUT2D eigenvalue weighted by molar-refractivity contribution is -0.127. The largest absolute Gasteiger partial charge is 0.497 e. The molecule has 9 nitrogen and oxygen atoms in total. The number of methoxy groups -OCH3 is 1. The first-order valence-electron chi connectivity index (χ1n) is 8.93. The van der Waals surface area contributed by atoms with E-state index in [0.717, 1.165) is 0 Å². The molecule has 0 aliphatic carbocycles. The number of carbonyl (C=O) groups excluding carboxylic acids is 2. The van der Waals surface area contributed by atoms with Crippen molar-refractivity contribution in [3.05, 3.63) is 67.6 Å². The van der Waals surface area contributed by atoms with Crippen LogP contribution in [0.4, 0.5) is 5.82 Å². The molecule has 4 rings (SSSR count). The lowest BCUT2D eigenvalue weighted by atomic mass is 9.76. The van der Waals surface area contributed by atoms with Gasteiger partial charge in [0.1, 0.15) is 29.1 Å². The van der Waals surface area contributed by atoms with Gasteiger partial charge in [0, 0.05) is 5.71 Å². The van der Waals surface area contributed by atoms with Gasteiger partial charge in [-0.05, 0) is 31.5 Å². The predicted molar refractivity (Wildman–Crippen MR) is 105 cm³/mol. The van der Waals surface area contributed by atoms with Gasteiger partial charge in [-0.1, -0.05) is 12.1 Å². The van der Waals surface area contributed by atoms with Crippen LogP contribution >= 0.6 is 0 Å². The van der Waals surface area contributed by atoms with Crippen LogP contribution in [0.1, 0.15) is 30.9 Å². The summed E-state index contributed by atoms with van der Waals surface area (Å²) in [5.41, 5.74) is 0.0807. The number of rotatable bonds is 3. The Morgan fingerprint density at radius 1 is 1.10 bits per heavy atom. The summed E-state index contributed by atoms with van der Waals surface area (Å²) in [7, 11) is 1.53. The van der Waals surface area contributed by atoms with Crippen molar-refractivity contribution < 1.29 is 14.3 Å². The number of ketones is 2. The number of hydrogen-bond acceptors (Lipinski definition) is 7. The number of fused-ring (bicyclic) bond motifs is 1. The number of aliphatic imine (C=N–C) groups is 1. The fourth-order valence-corrected chi connectivity index (χ4v) is 3.88. The number of Topliss-reactive ketones (excluding diaryl/α,β-unsaturated/α-hetero) is 2. The van der Waals surface area contributed by atoms with Gasteiger partial charge in [0.2, 0.25) is 0 Å². The molecule has 9 heteroatoms. The van der Waals surface area contributed by atoms with E-state index in [9.17, 15) is 19.2 Å². The quantitative estimate of drug-likeness (QED) is 0.668. The van der Waals surface area contributed by atoms with Crippen LogP contribution in [0.25, 0.3) is 0 Å². The van der Waals surface area contributed by atoms with Crippen molar-refractivity contribution in [1.29, 1.82) is 0 Å². The highest BCUT2D eigenvalue weighted by molar-refractivity contribution is 6.27. The van der Waals surface area contributed by atoms with Crippen LogP contribution in [0.2, 0.25) is 0 Å². The molecule has 0 saturated heterocycles. The number of benzene rings is 1. The van der Waals surface area contributed by atoms with Gasteiger partial charge < -0.3 is 10.1 Å². The number of ether oxygens (including phenoxy) is 1. The van der Waals surface area contributed by atoms with Gasteiger partial charge >= 0.3 is 5.69 Å². The van der Waals surface area contributed by atoms with Crippen LogP contribution < -0.4 is 21.3 Å². The van der Waals surface area contributed by atoms with E-state index in [1.807, 2.05) is 0 Å². The molecule has 29 heavy (non-hydrogen) atoms. The Kier molecular flexibility index (Phi) is 4.30. The number of aromatic amines is 2. The van der Waals surface area contributed by atoms with Crippen molar-refractivity contribution in [1.82, 2.24) is 9.97 Å². The van der Waals surface area contributed by atoms with E-state index < -0.39 is 28.9 Å². The number of aromatic nitrogens is 2. The smallest absolute Gasteiger partial charge is 0.327 e. The van der Waals surface area contributed by atoms with Crippen molar-refractivity contribution in [3.8, 4) is 5.75 Å². The topological polar surface area (TPSA) is 133 Å². The summed E-state index contributed by atoms with van der Waals surface area (Å²) >= 11 is 0. The van der Waals surface area contributed by atoms with E-state index >= 15 is 0 Å². The minimum Gasteiger partial charge on any atom is -0.497 e. The van der Waals surface area contributed by atoms with E-state index in [4.69, 9.17) is 4.74 Å². The van der Waals surface area contributed by atoms with E-state index in [2.05, 4.69) is 20.3 Å². The van der Waals surface area contributed by atoms with Crippen LogP contribution in [0.15, 0.2) is 50.2 Å². The second-order valence-corrected chi connectivity index (χ2v) is 6.95. The molecule has 2 atom stereocenters. The number of carbonyl (C=O) groups is 2. The van der Waals surface area contributed by atoms with Gasteiger partial charge in [-0.3, -0.25) is 24.4 Å². The summed E-state index contributed by atoms with van der Waals surface area (Å²) in [5.74, 6) is -1.54. The number of H-pyrrole nitrogens is 2. The Labute approximate surface area is 164 Å². The number of anilines is 1. The Bertz CT molecular complexity index is 1220. The zero-order valence-electron chi connectivity index (χ0n) is 16.0. The molecule has 3 heterocycles. The lowest BCUT2D eigenvalue weighted by Crippen LogP contribution is -2.41. The summed E-state index contributed by atoms with van der Waals surface area (Å²) in [5, 5.41) is 2.88. The van der Waals surface area contributed by atoms with E-state index in [1.165, 1.54) is 14.0 Å². The Morgan fingerprint density at radius 2 is 1.79 bits per heavy atom. The highest BCUT2D eigenvalue weighted by Crippen LogP contribution is 2.42. The lowest BCUT2D eigenvalue weighted by Gasteiger charge is -2.33. The zero-order valence-corrected chi connectivity index (χ0v) is 16.0. The molecule has 1 aromatic heterocycles. The Morgan fingerprint density at radius 3 is 2.41 bits per heavy atom. The number of nitrogens with zero attached hydrogens (tertiary/aromatic N) is 1. The van der Waals surface area contributed by atoms with Crippen molar-refractivity contribution in [2.24, 2.45) is 10.9 Å². The molecule has 148 valence electrons.